The normalized spacial score (nSPS) is 15.5. The third-order valence-electron chi connectivity index (χ3n) is 6.00. The van der Waals surface area contributed by atoms with Crippen molar-refractivity contribution in [2.24, 2.45) is 0 Å². The van der Waals surface area contributed by atoms with Crippen LogP contribution in [0.1, 0.15) is 56.4 Å². The van der Waals surface area contributed by atoms with Crippen molar-refractivity contribution in [3.05, 3.63) is 60.0 Å². The predicted molar refractivity (Wildman–Crippen MR) is 123 cm³/mol. The van der Waals surface area contributed by atoms with Gasteiger partial charge in [-0.1, -0.05) is 38.1 Å². The van der Waals surface area contributed by atoms with Gasteiger partial charge in [0.2, 0.25) is 15.9 Å². The van der Waals surface area contributed by atoms with E-state index < -0.39 is 10.0 Å². The van der Waals surface area contributed by atoms with Gasteiger partial charge in [-0.15, -0.1) is 0 Å². The molecule has 1 aliphatic rings. The van der Waals surface area contributed by atoms with Crippen molar-refractivity contribution in [3.8, 4) is 0 Å². The van der Waals surface area contributed by atoms with E-state index in [-0.39, 0.29) is 29.7 Å². The molecule has 1 amide bonds. The Balaban J connectivity index is 1.26. The Hall–Kier alpha value is -2.71. The number of sulfonamides is 1. The van der Waals surface area contributed by atoms with Gasteiger partial charge in [0.25, 0.3) is 0 Å². The molecule has 1 fully saturated rings. The van der Waals surface area contributed by atoms with Gasteiger partial charge in [-0.3, -0.25) is 4.79 Å². The van der Waals surface area contributed by atoms with Crippen molar-refractivity contribution in [1.82, 2.24) is 14.6 Å². The summed E-state index contributed by atoms with van der Waals surface area (Å²) in [7, 11) is -3.63. The fourth-order valence-corrected chi connectivity index (χ4v) is 5.04. The van der Waals surface area contributed by atoms with Gasteiger partial charge in [0.05, 0.1) is 4.90 Å². The number of aromatic nitrogens is 1. The van der Waals surface area contributed by atoms with Crippen molar-refractivity contribution >= 4 is 27.0 Å². The van der Waals surface area contributed by atoms with Gasteiger partial charge in [-0.2, -0.15) is 0 Å². The standard InChI is InChI=1S/C24H29N3O4S/c1-17(2)18-7-9-20(10-8-18)32(29,30)25-14-11-23(28)27-15-12-19(13-16-27)24-26-21-5-3-4-6-22(21)31-24/h3-10,17,19,25H,11-16H2,1-2H3. The lowest BCUT2D eigenvalue weighted by Crippen LogP contribution is -2.39. The molecule has 1 N–H and O–H groups in total. The molecule has 4 rings (SSSR count). The number of likely N-dealkylation sites (tertiary alicyclic amines) is 1. The number of piperidine rings is 1. The Kier molecular flexibility index (Phi) is 6.62. The van der Waals surface area contributed by atoms with E-state index >= 15 is 0 Å². The van der Waals surface area contributed by atoms with E-state index in [2.05, 4.69) is 23.6 Å². The molecule has 8 heteroatoms. The van der Waals surface area contributed by atoms with Crippen molar-refractivity contribution in [2.45, 2.75) is 49.8 Å². The van der Waals surface area contributed by atoms with Crippen LogP contribution in [0.25, 0.3) is 11.1 Å². The average Bonchev–Trinajstić information content (AvgIpc) is 3.23. The Morgan fingerprint density at radius 3 is 2.47 bits per heavy atom. The van der Waals surface area contributed by atoms with Crippen LogP contribution in [-0.4, -0.2) is 43.8 Å². The molecule has 0 spiro atoms. The van der Waals surface area contributed by atoms with Crippen LogP contribution in [0, 0.1) is 0 Å². The van der Waals surface area contributed by atoms with Crippen molar-refractivity contribution < 1.29 is 17.6 Å². The van der Waals surface area contributed by atoms with Crippen LogP contribution in [0.2, 0.25) is 0 Å². The molecule has 2 aromatic carbocycles. The first kappa shape index (κ1) is 22.5. The molecule has 7 nitrogen and oxygen atoms in total. The second-order valence-corrected chi connectivity index (χ2v) is 10.3. The van der Waals surface area contributed by atoms with E-state index in [1.165, 1.54) is 0 Å². The lowest BCUT2D eigenvalue weighted by atomic mass is 9.96. The zero-order chi connectivity index (χ0) is 22.7. The number of carbonyl (C=O) groups is 1. The van der Waals surface area contributed by atoms with Gasteiger partial charge in [0.15, 0.2) is 11.5 Å². The van der Waals surface area contributed by atoms with Gasteiger partial charge in [-0.05, 0) is 48.6 Å². The Bertz CT molecular complexity index is 1140. The minimum Gasteiger partial charge on any atom is -0.440 e. The summed E-state index contributed by atoms with van der Waals surface area (Å²) in [5, 5.41) is 0. The lowest BCUT2D eigenvalue weighted by Gasteiger charge is -2.30. The number of para-hydroxylation sites is 2. The third-order valence-corrected chi connectivity index (χ3v) is 7.47. The second kappa shape index (κ2) is 9.42. The van der Waals surface area contributed by atoms with Crippen LogP contribution < -0.4 is 4.72 Å². The summed E-state index contributed by atoms with van der Waals surface area (Å²) < 4.78 is 33.4. The van der Waals surface area contributed by atoms with Gasteiger partial charge >= 0.3 is 0 Å². The van der Waals surface area contributed by atoms with Gasteiger partial charge in [0, 0.05) is 32.0 Å². The Labute approximate surface area is 188 Å². The zero-order valence-corrected chi connectivity index (χ0v) is 19.3. The fraction of sp³-hybridized carbons (Fsp3) is 0.417. The molecule has 1 saturated heterocycles. The van der Waals surface area contributed by atoms with Crippen molar-refractivity contribution in [2.75, 3.05) is 19.6 Å². The summed E-state index contributed by atoms with van der Waals surface area (Å²) in [5.74, 6) is 1.22. The third kappa shape index (κ3) is 5.02. The smallest absolute Gasteiger partial charge is 0.240 e. The summed E-state index contributed by atoms with van der Waals surface area (Å²) in [6, 6.07) is 14.6. The topological polar surface area (TPSA) is 92.5 Å². The maximum absolute atomic E-state index is 12.6. The maximum Gasteiger partial charge on any atom is 0.240 e. The molecule has 0 aliphatic carbocycles. The highest BCUT2D eigenvalue weighted by Gasteiger charge is 2.27. The molecule has 0 unspecified atom stereocenters. The molecule has 0 bridgehead atoms. The summed E-state index contributed by atoms with van der Waals surface area (Å²) in [6.07, 6.45) is 1.70. The largest absolute Gasteiger partial charge is 0.440 e. The minimum absolute atomic E-state index is 0.0427. The molecule has 1 aromatic heterocycles. The first-order valence-corrected chi connectivity index (χ1v) is 12.5. The highest BCUT2D eigenvalue weighted by Crippen LogP contribution is 2.30. The summed E-state index contributed by atoms with van der Waals surface area (Å²) in [6.45, 7) is 5.43. The van der Waals surface area contributed by atoms with E-state index in [0.29, 0.717) is 19.0 Å². The van der Waals surface area contributed by atoms with Crippen LogP contribution >= 0.6 is 0 Å². The van der Waals surface area contributed by atoms with Gasteiger partial charge in [-0.25, -0.2) is 18.1 Å². The van der Waals surface area contributed by atoms with Crippen molar-refractivity contribution in [1.29, 1.82) is 0 Å². The number of oxazole rings is 1. The first-order chi connectivity index (χ1) is 15.3. The molecular weight excluding hydrogens is 426 g/mol. The number of nitrogens with zero attached hydrogens (tertiary/aromatic N) is 2. The quantitative estimate of drug-likeness (QED) is 0.581. The monoisotopic (exact) mass is 455 g/mol. The zero-order valence-electron chi connectivity index (χ0n) is 18.5. The first-order valence-electron chi connectivity index (χ1n) is 11.1. The molecule has 170 valence electrons. The van der Waals surface area contributed by atoms with Gasteiger partial charge in [0.1, 0.15) is 5.52 Å². The number of benzene rings is 2. The average molecular weight is 456 g/mol. The lowest BCUT2D eigenvalue weighted by molar-refractivity contribution is -0.132. The van der Waals surface area contributed by atoms with E-state index in [4.69, 9.17) is 4.42 Å². The molecule has 0 radical (unpaired) electrons. The van der Waals surface area contributed by atoms with Crippen LogP contribution in [0.4, 0.5) is 0 Å². The van der Waals surface area contributed by atoms with Crippen LogP contribution in [0.15, 0.2) is 57.8 Å². The maximum atomic E-state index is 12.6. The highest BCUT2D eigenvalue weighted by molar-refractivity contribution is 7.89. The molecule has 3 aromatic rings. The van der Waals surface area contributed by atoms with E-state index in [9.17, 15) is 13.2 Å². The number of fused-ring (bicyclic) bond motifs is 1. The number of hydrogen-bond acceptors (Lipinski definition) is 5. The molecule has 0 saturated carbocycles. The number of hydrogen-bond donors (Lipinski definition) is 1. The summed E-state index contributed by atoms with van der Waals surface area (Å²) >= 11 is 0. The van der Waals surface area contributed by atoms with Crippen LogP contribution in [-0.2, 0) is 14.8 Å². The van der Waals surface area contributed by atoms with Crippen molar-refractivity contribution in [3.63, 3.8) is 0 Å². The highest BCUT2D eigenvalue weighted by atomic mass is 32.2. The molecule has 0 atom stereocenters. The van der Waals surface area contributed by atoms with E-state index in [0.717, 1.165) is 35.4 Å². The number of carbonyl (C=O) groups excluding carboxylic acids is 1. The number of rotatable bonds is 7. The number of nitrogens with one attached hydrogen (secondary N) is 1. The molecule has 2 heterocycles. The second-order valence-electron chi connectivity index (χ2n) is 8.55. The van der Waals surface area contributed by atoms with Crippen LogP contribution in [0.3, 0.4) is 0 Å². The molecule has 32 heavy (non-hydrogen) atoms. The minimum atomic E-state index is -3.63. The number of amides is 1. The predicted octanol–water partition coefficient (Wildman–Crippen LogP) is 4.03. The van der Waals surface area contributed by atoms with E-state index in [1.54, 1.807) is 17.0 Å². The summed E-state index contributed by atoms with van der Waals surface area (Å²) in [5.41, 5.74) is 2.72. The SMILES string of the molecule is CC(C)c1ccc(S(=O)(=O)NCCC(=O)N2CCC(c3nc4ccccc4o3)CC2)cc1. The Morgan fingerprint density at radius 2 is 1.81 bits per heavy atom. The fourth-order valence-electron chi connectivity index (χ4n) is 4.01. The molecular formula is C24H29N3O4S. The van der Waals surface area contributed by atoms with Crippen LogP contribution in [0.5, 0.6) is 0 Å². The van der Waals surface area contributed by atoms with Gasteiger partial charge < -0.3 is 9.32 Å². The molecule has 1 aliphatic heterocycles. The van der Waals surface area contributed by atoms with E-state index in [1.807, 2.05) is 36.4 Å². The summed E-state index contributed by atoms with van der Waals surface area (Å²) in [4.78, 5) is 19.2. The Morgan fingerprint density at radius 1 is 1.12 bits per heavy atom.